The zero-order valence-electron chi connectivity index (χ0n) is 15.8. The second-order valence-electron chi connectivity index (χ2n) is 7.85. The van der Waals surface area contributed by atoms with E-state index in [4.69, 9.17) is 9.47 Å². The summed E-state index contributed by atoms with van der Waals surface area (Å²) in [6.07, 6.45) is 4.75. The van der Waals surface area contributed by atoms with E-state index < -0.39 is 0 Å². The molecule has 2 atom stereocenters. The Balaban J connectivity index is 1.94. The van der Waals surface area contributed by atoms with Gasteiger partial charge in [-0.2, -0.15) is 0 Å². The Morgan fingerprint density at radius 2 is 2.04 bits per heavy atom. The molecule has 0 aliphatic carbocycles. The molecule has 1 aromatic carbocycles. The molecular weight excluding hydrogens is 314 g/mol. The first-order valence-corrected chi connectivity index (χ1v) is 9.58. The molecule has 1 aromatic rings. The van der Waals surface area contributed by atoms with Gasteiger partial charge < -0.3 is 14.4 Å². The predicted octanol–water partition coefficient (Wildman–Crippen LogP) is 3.78. The minimum absolute atomic E-state index is 0.185. The Kier molecular flexibility index (Phi) is 5.67. The van der Waals surface area contributed by atoms with Crippen LogP contribution in [0.25, 0.3) is 0 Å². The van der Waals surface area contributed by atoms with Crippen molar-refractivity contribution in [3.8, 4) is 5.75 Å². The molecule has 4 nitrogen and oxygen atoms in total. The van der Waals surface area contributed by atoms with E-state index in [1.54, 1.807) is 7.11 Å². The van der Waals surface area contributed by atoms with Gasteiger partial charge in [0.1, 0.15) is 5.75 Å². The number of rotatable bonds is 5. The number of amides is 1. The maximum atomic E-state index is 13.0. The first kappa shape index (κ1) is 18.2. The topological polar surface area (TPSA) is 38.8 Å². The Hall–Kier alpha value is -1.55. The molecule has 4 heteroatoms. The highest BCUT2D eigenvalue weighted by Crippen LogP contribution is 2.45. The molecule has 2 aliphatic heterocycles. The lowest BCUT2D eigenvalue weighted by molar-refractivity contribution is -0.133. The summed E-state index contributed by atoms with van der Waals surface area (Å²) in [6, 6.07) is 8.20. The SMILES string of the molecule is COc1ccccc1[C@]1(CC(=O)N2CCCC2)CCO[C@@H](C(C)C)C1. The fourth-order valence-corrected chi connectivity index (χ4v) is 4.33. The molecule has 1 amide bonds. The van der Waals surface area contributed by atoms with Crippen molar-refractivity contribution in [2.24, 2.45) is 5.92 Å². The molecule has 0 bridgehead atoms. The smallest absolute Gasteiger partial charge is 0.223 e. The Labute approximate surface area is 151 Å². The maximum Gasteiger partial charge on any atom is 0.223 e. The summed E-state index contributed by atoms with van der Waals surface area (Å²) in [5.74, 6) is 1.62. The molecule has 0 radical (unpaired) electrons. The van der Waals surface area contributed by atoms with Gasteiger partial charge in [0.05, 0.1) is 13.2 Å². The number of carbonyl (C=O) groups excluding carboxylic acids is 1. The van der Waals surface area contributed by atoms with Crippen LogP contribution in [-0.2, 0) is 14.9 Å². The standard InChI is InChI=1S/C21H31NO3/c1-16(2)19-14-21(10-13-25-19,15-20(23)22-11-6-7-12-22)17-8-4-5-9-18(17)24-3/h4-5,8-9,16,19H,6-7,10-15H2,1-3H3/t19-,21-/m1/s1. The van der Waals surface area contributed by atoms with Gasteiger partial charge in [0.15, 0.2) is 0 Å². The van der Waals surface area contributed by atoms with Crippen molar-refractivity contribution in [3.63, 3.8) is 0 Å². The van der Waals surface area contributed by atoms with Crippen molar-refractivity contribution in [2.45, 2.75) is 57.5 Å². The maximum absolute atomic E-state index is 13.0. The summed E-state index contributed by atoms with van der Waals surface area (Å²) in [7, 11) is 1.72. The predicted molar refractivity (Wildman–Crippen MR) is 98.9 cm³/mol. The Bertz CT molecular complexity index is 595. The summed E-state index contributed by atoms with van der Waals surface area (Å²) in [5, 5.41) is 0. The van der Waals surface area contributed by atoms with Crippen LogP contribution in [0.1, 0.15) is 51.5 Å². The van der Waals surface area contributed by atoms with Crippen LogP contribution in [0.4, 0.5) is 0 Å². The van der Waals surface area contributed by atoms with E-state index in [9.17, 15) is 4.79 Å². The van der Waals surface area contributed by atoms with Gasteiger partial charge in [-0.05, 0) is 37.7 Å². The van der Waals surface area contributed by atoms with Crippen molar-refractivity contribution in [3.05, 3.63) is 29.8 Å². The third kappa shape index (κ3) is 3.84. The zero-order chi connectivity index (χ0) is 17.9. The number of para-hydroxylation sites is 1. The van der Waals surface area contributed by atoms with Crippen molar-refractivity contribution < 1.29 is 14.3 Å². The molecule has 0 saturated carbocycles. The van der Waals surface area contributed by atoms with Crippen LogP contribution in [0, 0.1) is 5.92 Å². The van der Waals surface area contributed by atoms with Crippen LogP contribution in [-0.4, -0.2) is 43.7 Å². The Morgan fingerprint density at radius 3 is 2.72 bits per heavy atom. The highest BCUT2D eigenvalue weighted by atomic mass is 16.5. The van der Waals surface area contributed by atoms with Crippen LogP contribution in [0.3, 0.4) is 0 Å². The second kappa shape index (κ2) is 7.77. The molecule has 3 rings (SSSR count). The van der Waals surface area contributed by atoms with Crippen LogP contribution in [0.2, 0.25) is 0 Å². The molecule has 0 spiro atoms. The number of likely N-dealkylation sites (tertiary alicyclic amines) is 1. The van der Waals surface area contributed by atoms with E-state index in [2.05, 4.69) is 26.0 Å². The van der Waals surface area contributed by atoms with E-state index in [-0.39, 0.29) is 17.4 Å². The van der Waals surface area contributed by atoms with Gasteiger partial charge in [0, 0.05) is 37.1 Å². The van der Waals surface area contributed by atoms with Crippen molar-refractivity contribution in [1.29, 1.82) is 0 Å². The van der Waals surface area contributed by atoms with Gasteiger partial charge in [0.2, 0.25) is 5.91 Å². The number of carbonyl (C=O) groups is 1. The number of ether oxygens (including phenoxy) is 2. The zero-order valence-corrected chi connectivity index (χ0v) is 15.8. The third-order valence-corrected chi connectivity index (χ3v) is 5.87. The minimum Gasteiger partial charge on any atom is -0.496 e. The molecule has 2 heterocycles. The average Bonchev–Trinajstić information content (AvgIpc) is 3.16. The van der Waals surface area contributed by atoms with E-state index >= 15 is 0 Å². The average molecular weight is 345 g/mol. The molecule has 0 unspecified atom stereocenters. The molecule has 138 valence electrons. The van der Waals surface area contributed by atoms with Crippen molar-refractivity contribution in [2.75, 3.05) is 26.8 Å². The lowest BCUT2D eigenvalue weighted by Gasteiger charge is -2.43. The van der Waals surface area contributed by atoms with Crippen molar-refractivity contribution in [1.82, 2.24) is 4.90 Å². The van der Waals surface area contributed by atoms with Gasteiger partial charge in [-0.25, -0.2) is 0 Å². The number of methoxy groups -OCH3 is 1. The molecule has 2 saturated heterocycles. The quantitative estimate of drug-likeness (QED) is 0.815. The van der Waals surface area contributed by atoms with E-state index in [1.807, 2.05) is 17.0 Å². The summed E-state index contributed by atoms with van der Waals surface area (Å²) < 4.78 is 11.7. The van der Waals surface area contributed by atoms with Gasteiger partial charge in [-0.15, -0.1) is 0 Å². The highest BCUT2D eigenvalue weighted by Gasteiger charge is 2.43. The largest absolute Gasteiger partial charge is 0.496 e. The van der Waals surface area contributed by atoms with E-state index in [0.29, 0.717) is 18.9 Å². The van der Waals surface area contributed by atoms with Crippen LogP contribution < -0.4 is 4.74 Å². The van der Waals surface area contributed by atoms with E-state index in [1.165, 1.54) is 5.56 Å². The summed E-state index contributed by atoms with van der Waals surface area (Å²) in [5.41, 5.74) is 0.971. The summed E-state index contributed by atoms with van der Waals surface area (Å²) >= 11 is 0. The highest BCUT2D eigenvalue weighted by molar-refractivity contribution is 5.78. The number of benzene rings is 1. The first-order valence-electron chi connectivity index (χ1n) is 9.58. The van der Waals surface area contributed by atoms with Crippen LogP contribution in [0.5, 0.6) is 5.75 Å². The normalized spacial score (nSPS) is 26.9. The monoisotopic (exact) mass is 345 g/mol. The van der Waals surface area contributed by atoms with E-state index in [0.717, 1.165) is 44.5 Å². The van der Waals surface area contributed by atoms with Crippen LogP contribution in [0.15, 0.2) is 24.3 Å². The third-order valence-electron chi connectivity index (χ3n) is 5.87. The molecule has 0 N–H and O–H groups in total. The number of nitrogens with zero attached hydrogens (tertiary/aromatic N) is 1. The summed E-state index contributed by atoms with van der Waals surface area (Å²) in [4.78, 5) is 15.1. The molecular formula is C21H31NO3. The number of hydrogen-bond donors (Lipinski definition) is 0. The van der Waals surface area contributed by atoms with Crippen molar-refractivity contribution >= 4 is 5.91 Å². The minimum atomic E-state index is -0.195. The van der Waals surface area contributed by atoms with Gasteiger partial charge in [0.25, 0.3) is 0 Å². The van der Waals surface area contributed by atoms with Gasteiger partial charge >= 0.3 is 0 Å². The molecule has 0 aromatic heterocycles. The lowest BCUT2D eigenvalue weighted by atomic mass is 9.68. The summed E-state index contributed by atoms with van der Waals surface area (Å²) in [6.45, 7) is 6.92. The fourth-order valence-electron chi connectivity index (χ4n) is 4.33. The fraction of sp³-hybridized carbons (Fsp3) is 0.667. The van der Waals surface area contributed by atoms with Gasteiger partial charge in [-0.3, -0.25) is 4.79 Å². The number of hydrogen-bond acceptors (Lipinski definition) is 3. The second-order valence-corrected chi connectivity index (χ2v) is 7.85. The lowest BCUT2D eigenvalue weighted by Crippen LogP contribution is -2.44. The molecule has 25 heavy (non-hydrogen) atoms. The molecule has 2 aliphatic rings. The van der Waals surface area contributed by atoms with Gasteiger partial charge in [-0.1, -0.05) is 32.0 Å². The molecule has 2 fully saturated rings. The first-order chi connectivity index (χ1) is 12.1. The van der Waals surface area contributed by atoms with Crippen LogP contribution >= 0.6 is 0 Å². The Morgan fingerprint density at radius 1 is 1.32 bits per heavy atom.